The number of nitrogens with zero attached hydrogens (tertiary/aromatic N) is 8. The fourth-order valence-electron chi connectivity index (χ4n) is 6.44. The molecule has 38 heteroatoms. The molecule has 0 aliphatic carbocycles. The number of azo groups is 2. The normalized spacial score (nSPS) is 12.5. The highest BCUT2D eigenvalue weighted by atomic mass is 32.2. The molecule has 5 aromatic carbocycles. The van der Waals surface area contributed by atoms with Crippen molar-refractivity contribution in [2.45, 2.75) is 44.2 Å². The lowest BCUT2D eigenvalue weighted by Crippen LogP contribution is -2.19. The predicted octanol–water partition coefficient (Wildman–Crippen LogP) is 7.53. The molecule has 32 nitrogen and oxygen atoms in total. The zero-order chi connectivity index (χ0) is 57.3. The van der Waals surface area contributed by atoms with Crippen LogP contribution in [0, 0.1) is 6.57 Å². The maximum absolute atomic E-state index is 12.5. The third kappa shape index (κ3) is 18.6. The fraction of sp³-hybridized carbons (Fsp3) is 0.195. The van der Waals surface area contributed by atoms with Crippen molar-refractivity contribution in [2.24, 2.45) is 20.5 Å². The fourth-order valence-corrected chi connectivity index (χ4v) is 9.64. The first-order valence-electron chi connectivity index (χ1n) is 21.7. The van der Waals surface area contributed by atoms with E-state index in [2.05, 4.69) is 80.3 Å². The number of nitrogens with one attached hydrogen (secondary N) is 4. The largest absolute Gasteiger partial charge is 0.398 e. The van der Waals surface area contributed by atoms with Gasteiger partial charge in [-0.1, -0.05) is 10.1 Å². The molecule has 0 saturated carbocycles. The smallest absolute Gasteiger partial charge is 0.296 e. The van der Waals surface area contributed by atoms with E-state index in [4.69, 9.17) is 32.0 Å². The zero-order valence-electron chi connectivity index (χ0n) is 40.0. The third-order valence-electron chi connectivity index (χ3n) is 9.74. The lowest BCUT2D eigenvalue weighted by molar-refractivity contribution is -0.435. The molecule has 1 unspecified atom stereocenters. The first-order chi connectivity index (χ1) is 37.5. The van der Waals surface area contributed by atoms with E-state index < -0.39 is 67.7 Å². The standard InChI is InChI=1S/C41H41N13O19S6/c1-23(55)45-32-18-26(7-10-31(32)52-54-35-17-24-16-28(77(59,60)61)19-37(78(62,63)64)29(24)20-36(35)75-72-69-56)46-40-48-39(4-3-11-44-13-12-43-2)49-41(50-40)47-33-21-30(42)38(79(65,66)67)22-34(33)53-51-25-5-8-27(9-6-25)74-71-68-14-15-76(58)73-70-57/h5-10,16-22,44,56-57H,3-4,11-15,42H2,1H3,(H,45,55)(H,59,60,61)(H,62,63,64)(H,65,66,67)(H2,46,47,48,49,50). The third-order valence-corrected chi connectivity index (χ3v) is 14.4. The molecule has 0 fully saturated rings. The van der Waals surface area contributed by atoms with Crippen LogP contribution in [0.5, 0.6) is 0 Å². The topological polar surface area (TPSA) is 460 Å². The van der Waals surface area contributed by atoms with Gasteiger partial charge in [-0.15, -0.1) is 24.0 Å². The van der Waals surface area contributed by atoms with Crippen LogP contribution in [-0.4, -0.2) is 106 Å². The first kappa shape index (κ1) is 61.4. The van der Waals surface area contributed by atoms with Crippen molar-refractivity contribution in [2.75, 3.05) is 53.7 Å². The summed E-state index contributed by atoms with van der Waals surface area (Å²) in [4.78, 5) is 32.2. The predicted molar refractivity (Wildman–Crippen MR) is 280 cm³/mol. The molecule has 0 saturated heterocycles. The van der Waals surface area contributed by atoms with Gasteiger partial charge in [-0.2, -0.15) is 49.7 Å². The average Bonchev–Trinajstić information content (AvgIpc) is 3.56. The summed E-state index contributed by atoms with van der Waals surface area (Å²) in [6.45, 7) is 9.22. The molecular formula is C41H41N13O19S6. The lowest BCUT2D eigenvalue weighted by atomic mass is 10.1. The molecule has 0 radical (unpaired) electrons. The maximum atomic E-state index is 12.5. The van der Waals surface area contributed by atoms with Crippen LogP contribution in [0.4, 0.5) is 57.4 Å². The number of hydrogen-bond acceptors (Lipinski definition) is 29. The van der Waals surface area contributed by atoms with Crippen LogP contribution in [0.1, 0.15) is 19.2 Å². The van der Waals surface area contributed by atoms with Crippen molar-refractivity contribution in [3.63, 3.8) is 0 Å². The number of amides is 1. The second-order valence-electron chi connectivity index (χ2n) is 15.3. The summed E-state index contributed by atoms with van der Waals surface area (Å²) in [5.41, 5.74) is 5.93. The van der Waals surface area contributed by atoms with E-state index >= 15 is 0 Å². The number of carbonyl (C=O) groups excluding carboxylic acids is 1. The van der Waals surface area contributed by atoms with Gasteiger partial charge in [0.15, 0.2) is 11.1 Å². The Kier molecular flexibility index (Phi) is 22.0. The minimum Gasteiger partial charge on any atom is -0.398 e. The molecule has 1 heterocycles. The number of aromatic nitrogens is 3. The Bertz CT molecular complexity index is 3670. The van der Waals surface area contributed by atoms with Crippen LogP contribution in [0.2, 0.25) is 0 Å². The van der Waals surface area contributed by atoms with E-state index in [1.807, 2.05) is 0 Å². The second-order valence-corrected chi connectivity index (χ2v) is 22.2. The molecular weight excluding hydrogens is 1170 g/mol. The Hall–Kier alpha value is -6.85. The number of benzene rings is 5. The quantitative estimate of drug-likeness (QED) is 0.00317. The summed E-state index contributed by atoms with van der Waals surface area (Å²) in [7, 11) is -15.0. The van der Waals surface area contributed by atoms with Crippen molar-refractivity contribution in [1.29, 1.82) is 0 Å². The Morgan fingerprint density at radius 1 is 0.759 bits per heavy atom. The highest BCUT2D eigenvalue weighted by Gasteiger charge is 2.24. The van der Waals surface area contributed by atoms with E-state index in [-0.39, 0.29) is 98.5 Å². The molecule has 420 valence electrons. The van der Waals surface area contributed by atoms with Crippen LogP contribution in [0.15, 0.2) is 124 Å². The van der Waals surface area contributed by atoms with E-state index in [0.29, 0.717) is 42.5 Å². The summed E-state index contributed by atoms with van der Waals surface area (Å²) >= 11 is -0.885. The van der Waals surface area contributed by atoms with E-state index in [1.165, 1.54) is 37.3 Å². The Morgan fingerprint density at radius 2 is 1.47 bits per heavy atom. The molecule has 11 N–H and O–H groups in total. The van der Waals surface area contributed by atoms with Gasteiger partial charge >= 0.3 is 0 Å². The summed E-state index contributed by atoms with van der Waals surface area (Å²) in [6, 6.07) is 16.2. The molecule has 6 rings (SSSR count). The van der Waals surface area contributed by atoms with Crippen molar-refractivity contribution >= 4 is 140 Å². The zero-order valence-corrected chi connectivity index (χ0v) is 44.9. The highest BCUT2D eigenvalue weighted by Crippen LogP contribution is 2.41. The van der Waals surface area contributed by atoms with Crippen LogP contribution < -0.4 is 27.0 Å². The number of nitrogens with two attached hydrogens (primary N) is 1. The van der Waals surface area contributed by atoms with E-state index in [9.17, 15) is 47.9 Å². The number of hydrogen-bond donors (Lipinski definition) is 10. The van der Waals surface area contributed by atoms with Crippen LogP contribution in [0.3, 0.4) is 0 Å². The second kappa shape index (κ2) is 28.3. The van der Waals surface area contributed by atoms with Gasteiger partial charge in [0, 0.05) is 29.3 Å². The van der Waals surface area contributed by atoms with Gasteiger partial charge in [0.2, 0.25) is 24.3 Å². The number of nitrogen functional groups attached to an aromatic ring is 1. The summed E-state index contributed by atoms with van der Waals surface area (Å²) in [5, 5.41) is 52.2. The Labute approximate surface area is 458 Å². The van der Waals surface area contributed by atoms with E-state index in [0.717, 1.165) is 42.4 Å². The van der Waals surface area contributed by atoms with Gasteiger partial charge in [0.05, 0.1) is 75.5 Å². The highest BCUT2D eigenvalue weighted by molar-refractivity contribution is 7.95. The number of anilines is 6. The summed E-state index contributed by atoms with van der Waals surface area (Å²) < 4.78 is 128. The first-order valence-corrected chi connectivity index (χ1v) is 28.7. The van der Waals surface area contributed by atoms with Crippen LogP contribution in [0.25, 0.3) is 15.6 Å². The molecule has 1 atom stereocenters. The number of carbonyl (C=O) groups is 1. The van der Waals surface area contributed by atoms with Crippen LogP contribution in [-0.2, 0) is 80.6 Å². The van der Waals surface area contributed by atoms with Gasteiger partial charge in [-0.25, -0.2) is 26.2 Å². The molecule has 79 heavy (non-hydrogen) atoms. The molecule has 1 amide bonds. The molecule has 0 spiro atoms. The van der Waals surface area contributed by atoms with Crippen LogP contribution >= 0.6 is 24.1 Å². The average molecular weight is 1210 g/mol. The van der Waals surface area contributed by atoms with Gasteiger partial charge in [0.25, 0.3) is 30.4 Å². The number of aryl methyl sites for hydroxylation is 1. The van der Waals surface area contributed by atoms with Gasteiger partial charge in [0.1, 0.15) is 32.7 Å². The summed E-state index contributed by atoms with van der Waals surface area (Å²) in [5.74, 6) is -0.725. The molecule has 0 aliphatic rings. The molecule has 0 aliphatic heterocycles. The van der Waals surface area contributed by atoms with Gasteiger partial charge in [-0.05, 0) is 97.2 Å². The summed E-state index contributed by atoms with van der Waals surface area (Å²) in [6.07, 6.45) is 0.738. The molecule has 6 aromatic rings. The van der Waals surface area contributed by atoms with E-state index in [1.54, 1.807) is 12.1 Å². The van der Waals surface area contributed by atoms with Crippen molar-refractivity contribution in [1.82, 2.24) is 20.3 Å². The molecule has 1 aromatic heterocycles. The minimum atomic E-state index is -5.11. The lowest BCUT2D eigenvalue weighted by Gasteiger charge is -2.14. The SMILES string of the molecule is [C-]#[N+]CCNCCCc1nc(Nc2ccc(N=Nc3cc4cc(S(=O)(=O)O)cc(S(=O)(=O)O)c4cc3SOOO)c(NC(C)=O)c2)nc(Nc2cc(N)c(S(=O)(=O)O)cc2N=Nc2ccc(SOOCCS(=O)OOO)cc2)n1. The number of rotatable bonds is 29. The number of fused-ring (bicyclic) bond motifs is 1. The Balaban J connectivity index is 1.32. The van der Waals surface area contributed by atoms with Crippen molar-refractivity contribution in [3.8, 4) is 0 Å². The van der Waals surface area contributed by atoms with Gasteiger partial charge in [-0.3, -0.25) is 18.5 Å². The monoisotopic (exact) mass is 1210 g/mol. The van der Waals surface area contributed by atoms with Crippen molar-refractivity contribution < 1.29 is 86.4 Å². The van der Waals surface area contributed by atoms with Gasteiger partial charge < -0.3 is 31.8 Å². The minimum absolute atomic E-state index is 0.00221. The maximum Gasteiger partial charge on any atom is 0.296 e. The van der Waals surface area contributed by atoms with Crippen molar-refractivity contribution in [3.05, 3.63) is 96.1 Å². The Morgan fingerprint density at radius 3 is 2.14 bits per heavy atom. The molecule has 0 bridgehead atoms.